The molecule has 0 bridgehead atoms. The van der Waals surface area contributed by atoms with Crippen molar-refractivity contribution in [3.8, 4) is 11.5 Å². The number of ether oxygens (including phenoxy) is 1. The third kappa shape index (κ3) is 16.8. The third-order valence-electron chi connectivity index (χ3n) is 12.2. The Labute approximate surface area is 424 Å². The summed E-state index contributed by atoms with van der Waals surface area (Å²) in [6.45, 7) is 5.49. The molecule has 4 aromatic rings. The summed E-state index contributed by atoms with van der Waals surface area (Å²) in [5.74, 6) is -4.38. The quantitative estimate of drug-likeness (QED) is 0.0182. The number of aliphatic hydroxyl groups is 1. The van der Waals surface area contributed by atoms with Crippen LogP contribution in [0.5, 0.6) is 11.5 Å². The van der Waals surface area contributed by atoms with Gasteiger partial charge in [-0.05, 0) is 98.0 Å². The second-order valence-electron chi connectivity index (χ2n) is 18.2. The molecule has 0 saturated carbocycles. The minimum Gasteiger partial charge on any atom is -0.508 e. The Hall–Kier alpha value is -7.94. The van der Waals surface area contributed by atoms with Crippen LogP contribution in [-0.4, -0.2) is 137 Å². The number of hydrogen-bond acceptors (Lipinski definition) is 11. The molecule has 1 saturated heterocycles. The normalized spacial score (nSPS) is 15.4. The Morgan fingerprint density at radius 1 is 0.822 bits per heavy atom. The predicted molar refractivity (Wildman–Crippen MR) is 275 cm³/mol. The van der Waals surface area contributed by atoms with Crippen LogP contribution < -0.4 is 48.1 Å². The van der Waals surface area contributed by atoms with Crippen LogP contribution in [-0.2, 0) is 46.4 Å². The van der Waals surface area contributed by atoms with Gasteiger partial charge in [0.25, 0.3) is 0 Å². The van der Waals surface area contributed by atoms with Crippen molar-refractivity contribution in [2.45, 2.75) is 102 Å². The Morgan fingerprint density at radius 3 is 2.10 bits per heavy atom. The van der Waals surface area contributed by atoms with Gasteiger partial charge in [0.2, 0.25) is 41.4 Å². The minimum absolute atomic E-state index is 0.0452. The maximum absolute atomic E-state index is 14.8. The van der Waals surface area contributed by atoms with Crippen LogP contribution in [0.1, 0.15) is 69.6 Å². The number of likely N-dealkylation sites (tertiary alicyclic amines) is 1. The minimum atomic E-state index is -1.50. The first-order chi connectivity index (χ1) is 35.0. The first-order valence-corrected chi connectivity index (χ1v) is 24.4. The van der Waals surface area contributed by atoms with E-state index in [-0.39, 0.29) is 55.8 Å². The number of rotatable bonds is 26. The van der Waals surface area contributed by atoms with E-state index < -0.39 is 78.3 Å². The third-order valence-corrected chi connectivity index (χ3v) is 12.2. The highest BCUT2D eigenvalue weighted by atomic mass is 16.5. The molecule has 1 unspecified atom stereocenters. The van der Waals surface area contributed by atoms with Crippen LogP contribution in [0.2, 0.25) is 0 Å². The number of nitrogens with two attached hydrogens (primary N) is 2. The standard InChI is InChI=1S/C52H69N11O10/c1-5-55-50(71)44-13-9-25-63(44)51(72)39(12-8-24-56-52(53)54)59-46(67)40(26-31(2)3)60-48(69)42(28-34-29-57-38-11-7-6-10-37(34)38)62-47(68)41(27-33-14-19-35(65)20-15-33)61-49(70)43(30-64)58-45(66)23-18-32-16-21-36(73-4)22-17-32/h6-7,10-11,14-23,29,31,39-44,57,64-65H,5,8-9,12-13,24-28,30H2,1-4H3,(H,55,71)(H,58,66)(H,59,67)(H,60,69)(H,61,70)(H,62,68)(H4,53,54,56)/b23-18+/t39-,40-,41-,42+,43-,44?/m0/s1. The fourth-order valence-corrected chi connectivity index (χ4v) is 8.46. The summed E-state index contributed by atoms with van der Waals surface area (Å²) in [7, 11) is 1.53. The summed E-state index contributed by atoms with van der Waals surface area (Å²) < 4.78 is 5.17. The van der Waals surface area contributed by atoms with Gasteiger partial charge in [0.05, 0.1) is 13.7 Å². The molecular weight excluding hydrogens is 939 g/mol. The smallest absolute Gasteiger partial charge is 0.245 e. The predicted octanol–water partition coefficient (Wildman–Crippen LogP) is 1.02. The lowest BCUT2D eigenvalue weighted by molar-refractivity contribution is -0.142. The van der Waals surface area contributed by atoms with Crippen molar-refractivity contribution in [2.24, 2.45) is 22.4 Å². The lowest BCUT2D eigenvalue weighted by atomic mass is 9.99. The molecule has 1 aliphatic rings. The van der Waals surface area contributed by atoms with Gasteiger partial charge in [-0.1, -0.05) is 56.3 Å². The van der Waals surface area contributed by atoms with Crippen LogP contribution in [0.3, 0.4) is 0 Å². The molecule has 13 N–H and O–H groups in total. The summed E-state index contributed by atoms with van der Waals surface area (Å²) in [6.07, 6.45) is 5.70. The largest absolute Gasteiger partial charge is 0.508 e. The Bertz CT molecular complexity index is 2580. The van der Waals surface area contributed by atoms with E-state index >= 15 is 0 Å². The molecule has 6 atom stereocenters. The molecule has 3 aromatic carbocycles. The number of nitrogens with one attached hydrogen (secondary N) is 7. The number of fused-ring (bicyclic) bond motifs is 1. The number of guanidine groups is 1. The molecule has 0 spiro atoms. The Morgan fingerprint density at radius 2 is 1.45 bits per heavy atom. The van der Waals surface area contributed by atoms with Crippen LogP contribution >= 0.6 is 0 Å². The van der Waals surface area contributed by atoms with E-state index in [0.717, 1.165) is 10.9 Å². The van der Waals surface area contributed by atoms with Gasteiger partial charge < -0.3 is 68.2 Å². The number of carbonyl (C=O) groups excluding carboxylic acids is 7. The van der Waals surface area contributed by atoms with E-state index in [1.807, 2.05) is 38.1 Å². The summed E-state index contributed by atoms with van der Waals surface area (Å²) in [4.78, 5) is 107. The van der Waals surface area contributed by atoms with Crippen LogP contribution in [0.25, 0.3) is 17.0 Å². The highest BCUT2D eigenvalue weighted by Crippen LogP contribution is 2.22. The zero-order valence-corrected chi connectivity index (χ0v) is 41.7. The van der Waals surface area contributed by atoms with Gasteiger partial charge in [-0.3, -0.25) is 38.6 Å². The van der Waals surface area contributed by atoms with Crippen molar-refractivity contribution in [2.75, 3.05) is 33.4 Å². The molecule has 21 nitrogen and oxygen atoms in total. The number of hydrogen-bond donors (Lipinski definition) is 11. The monoisotopic (exact) mass is 1010 g/mol. The fourth-order valence-electron chi connectivity index (χ4n) is 8.46. The van der Waals surface area contributed by atoms with Gasteiger partial charge in [-0.15, -0.1) is 0 Å². The molecule has 2 heterocycles. The number of aliphatic hydroxyl groups excluding tert-OH is 1. The SMILES string of the molecule is CCNC(=O)C1CCCN1C(=O)[C@H](CCCN=C(N)N)NC(=O)[C@H](CC(C)C)NC(=O)[C@@H](Cc1c[nH]c2ccccc12)NC(=O)[C@H](Cc1ccc(O)cc1)NC(=O)[C@H](CO)NC(=O)/C=C/c1ccc(OC)cc1. The summed E-state index contributed by atoms with van der Waals surface area (Å²) in [5, 5.41) is 37.4. The highest BCUT2D eigenvalue weighted by molar-refractivity contribution is 5.99. The van der Waals surface area contributed by atoms with Crippen molar-refractivity contribution in [1.29, 1.82) is 0 Å². The van der Waals surface area contributed by atoms with Gasteiger partial charge in [-0.25, -0.2) is 0 Å². The van der Waals surface area contributed by atoms with E-state index in [0.29, 0.717) is 54.8 Å². The number of aliphatic imine (C=N–C) groups is 1. The molecule has 1 aromatic heterocycles. The molecule has 0 radical (unpaired) electrons. The number of phenolic OH excluding ortho intramolecular Hbond substituents is 1. The molecule has 5 rings (SSSR count). The molecule has 73 heavy (non-hydrogen) atoms. The number of para-hydroxylation sites is 1. The van der Waals surface area contributed by atoms with Crippen molar-refractivity contribution in [3.05, 3.63) is 102 Å². The lowest BCUT2D eigenvalue weighted by Crippen LogP contribution is -2.60. The number of methoxy groups -OCH3 is 1. The van der Waals surface area contributed by atoms with Gasteiger partial charge >= 0.3 is 0 Å². The van der Waals surface area contributed by atoms with E-state index in [2.05, 4.69) is 41.9 Å². The average Bonchev–Trinajstić information content (AvgIpc) is 4.03. The zero-order valence-electron chi connectivity index (χ0n) is 41.7. The zero-order chi connectivity index (χ0) is 53.0. The first kappa shape index (κ1) is 56.0. The van der Waals surface area contributed by atoms with E-state index in [9.17, 15) is 43.8 Å². The number of phenols is 1. The number of aromatic hydroxyl groups is 1. The van der Waals surface area contributed by atoms with Crippen molar-refractivity contribution < 1.29 is 48.5 Å². The number of likely N-dealkylation sites (N-methyl/N-ethyl adjacent to an activating group) is 1. The van der Waals surface area contributed by atoms with Gasteiger partial charge in [0, 0.05) is 55.7 Å². The maximum Gasteiger partial charge on any atom is 0.245 e. The summed E-state index contributed by atoms with van der Waals surface area (Å²) in [5.41, 5.74) is 13.7. The number of H-pyrrole nitrogens is 1. The molecule has 21 heteroatoms. The number of benzene rings is 3. The Balaban J connectivity index is 1.41. The Kier molecular flexibility index (Phi) is 21.2. The average molecular weight is 1010 g/mol. The maximum atomic E-state index is 14.8. The summed E-state index contributed by atoms with van der Waals surface area (Å²) >= 11 is 0. The van der Waals surface area contributed by atoms with Crippen molar-refractivity contribution in [1.82, 2.24) is 41.8 Å². The molecule has 1 fully saturated rings. The molecule has 1 aliphatic heterocycles. The highest BCUT2D eigenvalue weighted by Gasteiger charge is 2.39. The number of carbonyl (C=O) groups is 7. The van der Waals surface area contributed by atoms with E-state index in [1.165, 1.54) is 36.3 Å². The van der Waals surface area contributed by atoms with E-state index in [4.69, 9.17) is 16.2 Å². The number of aromatic amines is 1. The van der Waals surface area contributed by atoms with Crippen molar-refractivity contribution >= 4 is 64.3 Å². The van der Waals surface area contributed by atoms with Crippen LogP contribution in [0.15, 0.2) is 90.1 Å². The number of amides is 7. The first-order valence-electron chi connectivity index (χ1n) is 24.4. The number of aromatic nitrogens is 1. The lowest BCUT2D eigenvalue weighted by Gasteiger charge is -2.30. The topological polar surface area (TPSA) is 325 Å². The van der Waals surface area contributed by atoms with Gasteiger partial charge in [0.1, 0.15) is 47.8 Å². The van der Waals surface area contributed by atoms with E-state index in [1.54, 1.807) is 49.5 Å². The van der Waals surface area contributed by atoms with Crippen LogP contribution in [0, 0.1) is 5.92 Å². The van der Waals surface area contributed by atoms with Gasteiger partial charge in [0.15, 0.2) is 5.96 Å². The number of nitrogens with zero attached hydrogens (tertiary/aromatic N) is 2. The molecular formula is C52H69N11O10. The second-order valence-corrected chi connectivity index (χ2v) is 18.2. The summed E-state index contributed by atoms with van der Waals surface area (Å²) in [6, 6.07) is 12.7. The molecule has 7 amide bonds. The molecule has 0 aliphatic carbocycles. The fraction of sp³-hybridized carbons (Fsp3) is 0.423. The second kappa shape index (κ2) is 27.6. The van der Waals surface area contributed by atoms with Crippen molar-refractivity contribution in [3.63, 3.8) is 0 Å². The van der Waals surface area contributed by atoms with Crippen LogP contribution in [0.4, 0.5) is 0 Å². The molecule has 392 valence electrons. The van der Waals surface area contributed by atoms with Gasteiger partial charge in [-0.2, -0.15) is 0 Å².